The number of nitrogens with one attached hydrogen (secondary N) is 1. The molecule has 0 aliphatic carbocycles. The number of benzene rings is 4. The van der Waals surface area contributed by atoms with E-state index in [4.69, 9.17) is 9.47 Å². The Hall–Kier alpha value is -5.12. The number of nitrogens with zero attached hydrogens (tertiary/aromatic N) is 1. The lowest BCUT2D eigenvalue weighted by atomic mass is 10.00. The summed E-state index contributed by atoms with van der Waals surface area (Å²) in [6, 6.07) is 34.1. The summed E-state index contributed by atoms with van der Waals surface area (Å²) in [5, 5.41) is 11.7. The van der Waals surface area contributed by atoms with Gasteiger partial charge in [-0.05, 0) is 34.4 Å². The number of hydrogen-bond donors (Lipinski definition) is 2. The molecule has 1 fully saturated rings. The number of amides is 2. The zero-order valence-corrected chi connectivity index (χ0v) is 25.7. The highest BCUT2D eigenvalue weighted by molar-refractivity contribution is 8.04. The van der Waals surface area contributed by atoms with E-state index in [1.807, 2.05) is 91.0 Å². The first-order valence-electron chi connectivity index (χ1n) is 14.8. The number of β-lactam (4-membered cyclic amide) rings is 1. The second kappa shape index (κ2) is 13.9. The molecular weight excluding hydrogens is 600 g/mol. The van der Waals surface area contributed by atoms with Crippen molar-refractivity contribution < 1.29 is 29.0 Å². The predicted molar refractivity (Wildman–Crippen MR) is 175 cm³/mol. The van der Waals surface area contributed by atoms with Gasteiger partial charge in [-0.1, -0.05) is 121 Å². The standard InChI is InChI=1S/C37H32N2O6S/c1-24-30(23-44-29-19-17-26(22-40)18-20-29)33(37(43)45-34(27-13-7-3-8-14-27)28-15-9-4-10-16-28)39-35(42)32(36(39)46-24)38-31(41)21-25-11-5-2-6-12-25/h2-20,32,34,36,40H,1,21-23H2,(H,38,41)/t32-,36-/m1/s1. The highest BCUT2D eigenvalue weighted by Crippen LogP contribution is 2.46. The van der Waals surface area contributed by atoms with Crippen molar-refractivity contribution in [2.75, 3.05) is 6.61 Å². The number of aliphatic hydroxyl groups excluding tert-OH is 1. The second-order valence-electron chi connectivity index (χ2n) is 10.9. The Morgan fingerprint density at radius 1 is 0.848 bits per heavy atom. The number of carbonyl (C=O) groups excluding carboxylic acids is 3. The van der Waals surface area contributed by atoms with Gasteiger partial charge < -0.3 is 19.9 Å². The molecule has 0 aromatic heterocycles. The van der Waals surface area contributed by atoms with Crippen LogP contribution in [0.1, 0.15) is 28.4 Å². The Balaban J connectivity index is 1.30. The quantitative estimate of drug-likeness (QED) is 0.171. The third-order valence-electron chi connectivity index (χ3n) is 7.81. The van der Waals surface area contributed by atoms with Crippen LogP contribution in [0.15, 0.2) is 138 Å². The molecule has 0 saturated carbocycles. The molecule has 0 unspecified atom stereocenters. The van der Waals surface area contributed by atoms with E-state index in [0.29, 0.717) is 16.2 Å². The van der Waals surface area contributed by atoms with E-state index in [0.717, 1.165) is 22.3 Å². The van der Waals surface area contributed by atoms with Crippen LogP contribution in [-0.4, -0.2) is 45.8 Å². The van der Waals surface area contributed by atoms with Crippen LogP contribution in [0.25, 0.3) is 0 Å². The van der Waals surface area contributed by atoms with Gasteiger partial charge in [-0.25, -0.2) is 4.79 Å². The maximum absolute atomic E-state index is 14.2. The zero-order chi connectivity index (χ0) is 32.0. The van der Waals surface area contributed by atoms with E-state index >= 15 is 0 Å². The lowest BCUT2D eigenvalue weighted by Gasteiger charge is -2.50. The molecule has 0 bridgehead atoms. The molecular formula is C37H32N2O6S. The van der Waals surface area contributed by atoms with Crippen LogP contribution in [-0.2, 0) is 32.1 Å². The highest BCUT2D eigenvalue weighted by atomic mass is 32.2. The predicted octanol–water partition coefficient (Wildman–Crippen LogP) is 5.30. The van der Waals surface area contributed by atoms with Gasteiger partial charge in [-0.2, -0.15) is 0 Å². The third-order valence-corrected chi connectivity index (χ3v) is 9.06. The molecule has 2 atom stereocenters. The Morgan fingerprint density at radius 2 is 1.43 bits per heavy atom. The van der Waals surface area contributed by atoms with Crippen molar-refractivity contribution in [3.05, 3.63) is 160 Å². The number of carbonyl (C=O) groups is 3. The van der Waals surface area contributed by atoms with Gasteiger partial charge in [-0.15, -0.1) is 0 Å². The topological polar surface area (TPSA) is 105 Å². The smallest absolute Gasteiger partial charge is 0.356 e. The average Bonchev–Trinajstić information content (AvgIpc) is 3.10. The summed E-state index contributed by atoms with van der Waals surface area (Å²) in [6.45, 7) is 4.07. The molecule has 2 N–H and O–H groups in total. The van der Waals surface area contributed by atoms with Gasteiger partial charge in [0.25, 0.3) is 5.91 Å². The molecule has 46 heavy (non-hydrogen) atoms. The zero-order valence-electron chi connectivity index (χ0n) is 24.9. The normalized spacial score (nSPS) is 17.3. The summed E-state index contributed by atoms with van der Waals surface area (Å²) >= 11 is 1.30. The molecule has 8 nitrogen and oxygen atoms in total. The Bertz CT molecular complexity index is 1720. The molecule has 4 aromatic rings. The van der Waals surface area contributed by atoms with Crippen LogP contribution in [0.2, 0.25) is 0 Å². The summed E-state index contributed by atoms with van der Waals surface area (Å²) in [7, 11) is 0. The average molecular weight is 633 g/mol. The molecule has 2 amide bonds. The van der Waals surface area contributed by atoms with E-state index in [1.54, 1.807) is 24.3 Å². The van der Waals surface area contributed by atoms with Gasteiger partial charge in [0.2, 0.25) is 5.91 Å². The Morgan fingerprint density at radius 3 is 2.02 bits per heavy atom. The number of aliphatic hydroxyl groups is 1. The van der Waals surface area contributed by atoms with Crippen molar-refractivity contribution in [3.63, 3.8) is 0 Å². The van der Waals surface area contributed by atoms with Crippen LogP contribution in [0.4, 0.5) is 0 Å². The number of fused-ring (bicyclic) bond motifs is 1. The monoisotopic (exact) mass is 632 g/mol. The first kappa shape index (κ1) is 30.9. The fourth-order valence-corrected chi connectivity index (χ4v) is 6.64. The van der Waals surface area contributed by atoms with Crippen LogP contribution < -0.4 is 10.1 Å². The van der Waals surface area contributed by atoms with E-state index in [9.17, 15) is 19.5 Å². The Kier molecular flexibility index (Phi) is 9.33. The first-order valence-corrected chi connectivity index (χ1v) is 15.7. The molecule has 4 aromatic carbocycles. The largest absolute Gasteiger partial charge is 0.489 e. The molecule has 2 heterocycles. The number of rotatable bonds is 11. The summed E-state index contributed by atoms with van der Waals surface area (Å²) in [5.41, 5.74) is 3.55. The minimum Gasteiger partial charge on any atom is -0.489 e. The van der Waals surface area contributed by atoms with Crippen LogP contribution in [0, 0.1) is 0 Å². The summed E-state index contributed by atoms with van der Waals surface area (Å²) in [4.78, 5) is 42.7. The van der Waals surface area contributed by atoms with Gasteiger partial charge >= 0.3 is 5.97 Å². The lowest BCUT2D eigenvalue weighted by molar-refractivity contribution is -0.154. The molecule has 232 valence electrons. The van der Waals surface area contributed by atoms with Crippen molar-refractivity contribution in [1.29, 1.82) is 0 Å². The van der Waals surface area contributed by atoms with Crippen molar-refractivity contribution in [3.8, 4) is 5.75 Å². The van der Waals surface area contributed by atoms with Crippen LogP contribution in [0.3, 0.4) is 0 Å². The molecule has 2 aliphatic heterocycles. The van der Waals surface area contributed by atoms with E-state index in [-0.39, 0.29) is 31.2 Å². The van der Waals surface area contributed by atoms with Crippen LogP contribution in [0.5, 0.6) is 5.75 Å². The van der Waals surface area contributed by atoms with Gasteiger partial charge in [0.1, 0.15) is 29.5 Å². The highest BCUT2D eigenvalue weighted by Gasteiger charge is 2.55. The van der Waals surface area contributed by atoms with Crippen molar-refractivity contribution >= 4 is 29.5 Å². The van der Waals surface area contributed by atoms with E-state index in [2.05, 4.69) is 11.9 Å². The lowest BCUT2D eigenvalue weighted by Crippen LogP contribution is -2.70. The molecule has 9 heteroatoms. The van der Waals surface area contributed by atoms with Gasteiger partial charge in [-0.3, -0.25) is 14.5 Å². The number of hydrogen-bond acceptors (Lipinski definition) is 7. The minimum atomic E-state index is -0.840. The van der Waals surface area contributed by atoms with Gasteiger partial charge in [0.05, 0.1) is 13.0 Å². The third kappa shape index (κ3) is 6.61. The fourth-order valence-electron chi connectivity index (χ4n) is 5.42. The van der Waals surface area contributed by atoms with E-state index in [1.165, 1.54) is 16.7 Å². The fraction of sp³-hybridized carbons (Fsp3) is 0.162. The molecule has 6 rings (SSSR count). The number of ether oxygens (including phenoxy) is 2. The molecule has 0 spiro atoms. The van der Waals surface area contributed by atoms with Crippen LogP contribution >= 0.6 is 11.8 Å². The van der Waals surface area contributed by atoms with E-state index < -0.39 is 29.4 Å². The summed E-state index contributed by atoms with van der Waals surface area (Å²) in [6.07, 6.45) is -0.618. The Labute approximate surface area is 271 Å². The van der Waals surface area contributed by atoms with Crippen molar-refractivity contribution in [1.82, 2.24) is 10.2 Å². The number of thioether (sulfide) groups is 1. The minimum absolute atomic E-state index is 0.0381. The maximum Gasteiger partial charge on any atom is 0.356 e. The van der Waals surface area contributed by atoms with Gasteiger partial charge in [0, 0.05) is 10.5 Å². The van der Waals surface area contributed by atoms with Crippen molar-refractivity contribution in [2.45, 2.75) is 30.5 Å². The number of esters is 1. The van der Waals surface area contributed by atoms with Crippen molar-refractivity contribution in [2.24, 2.45) is 0 Å². The summed E-state index contributed by atoms with van der Waals surface area (Å²) in [5.74, 6) is -0.901. The molecule has 1 saturated heterocycles. The summed E-state index contributed by atoms with van der Waals surface area (Å²) < 4.78 is 12.2. The SMILES string of the molecule is C=C1S[C@@H]2[C@H](NC(=O)Cc3ccccc3)C(=O)N2C(C(=O)OC(c2ccccc2)c2ccccc2)=C1COc1ccc(CO)cc1. The molecule has 0 radical (unpaired) electrons. The molecule has 2 aliphatic rings. The second-order valence-corrected chi connectivity index (χ2v) is 12.1. The first-order chi connectivity index (χ1) is 22.4. The van der Waals surface area contributed by atoms with Gasteiger partial charge in [0.15, 0.2) is 6.10 Å². The maximum atomic E-state index is 14.2.